The summed E-state index contributed by atoms with van der Waals surface area (Å²) >= 11 is 0. The van der Waals surface area contributed by atoms with Crippen LogP contribution in [0, 0.1) is 0 Å². The number of ether oxygens (including phenoxy) is 1. The SMILES string of the molecule is CCC(=O)N1CC(C)Oc2ccc(C(=O)C(C)N)cc21. The molecule has 0 fully saturated rings. The predicted molar refractivity (Wildman–Crippen MR) is 77.2 cm³/mol. The van der Waals surface area contributed by atoms with Crippen molar-refractivity contribution in [3.05, 3.63) is 23.8 Å². The third-order valence-electron chi connectivity index (χ3n) is 3.32. The van der Waals surface area contributed by atoms with Crippen molar-refractivity contribution < 1.29 is 14.3 Å². The van der Waals surface area contributed by atoms with Crippen LogP contribution in [0.15, 0.2) is 18.2 Å². The Bertz CT molecular complexity index is 540. The Morgan fingerprint density at radius 3 is 2.80 bits per heavy atom. The number of anilines is 1. The van der Waals surface area contributed by atoms with Crippen LogP contribution in [-0.2, 0) is 4.79 Å². The number of nitrogens with zero attached hydrogens (tertiary/aromatic N) is 1. The quantitative estimate of drug-likeness (QED) is 0.853. The van der Waals surface area contributed by atoms with Gasteiger partial charge in [0.15, 0.2) is 5.78 Å². The van der Waals surface area contributed by atoms with Crippen LogP contribution in [0.1, 0.15) is 37.6 Å². The molecule has 5 nitrogen and oxygen atoms in total. The highest BCUT2D eigenvalue weighted by Crippen LogP contribution is 2.34. The molecular weight excluding hydrogens is 256 g/mol. The molecule has 5 heteroatoms. The van der Waals surface area contributed by atoms with E-state index in [2.05, 4.69) is 0 Å². The highest BCUT2D eigenvalue weighted by atomic mass is 16.5. The summed E-state index contributed by atoms with van der Waals surface area (Å²) in [4.78, 5) is 25.7. The average Bonchev–Trinajstić information content (AvgIpc) is 2.44. The number of Topliss-reactive ketones (excluding diaryl/α,β-unsaturated/α-hetero) is 1. The Labute approximate surface area is 118 Å². The van der Waals surface area contributed by atoms with E-state index < -0.39 is 6.04 Å². The Balaban J connectivity index is 2.44. The molecule has 1 amide bonds. The summed E-state index contributed by atoms with van der Waals surface area (Å²) in [5.41, 5.74) is 6.78. The van der Waals surface area contributed by atoms with Crippen molar-refractivity contribution in [3.8, 4) is 5.75 Å². The molecule has 0 bridgehead atoms. The largest absolute Gasteiger partial charge is 0.487 e. The average molecular weight is 276 g/mol. The lowest BCUT2D eigenvalue weighted by atomic mass is 10.0. The molecule has 1 aliphatic heterocycles. The van der Waals surface area contributed by atoms with Crippen molar-refractivity contribution in [1.29, 1.82) is 0 Å². The van der Waals surface area contributed by atoms with E-state index in [1.807, 2.05) is 13.8 Å². The zero-order valence-electron chi connectivity index (χ0n) is 12.1. The molecule has 1 aliphatic rings. The van der Waals surface area contributed by atoms with Gasteiger partial charge in [0.1, 0.15) is 11.9 Å². The first-order chi connectivity index (χ1) is 9.43. The molecule has 0 saturated heterocycles. The molecule has 2 unspecified atom stereocenters. The van der Waals surface area contributed by atoms with Gasteiger partial charge in [0.05, 0.1) is 18.3 Å². The van der Waals surface area contributed by atoms with Crippen LogP contribution in [0.25, 0.3) is 0 Å². The van der Waals surface area contributed by atoms with Crippen LogP contribution >= 0.6 is 0 Å². The minimum atomic E-state index is -0.563. The highest BCUT2D eigenvalue weighted by Gasteiger charge is 2.27. The van der Waals surface area contributed by atoms with E-state index in [1.165, 1.54) is 0 Å². The third kappa shape index (κ3) is 2.67. The molecule has 1 aromatic carbocycles. The van der Waals surface area contributed by atoms with Gasteiger partial charge in [0.2, 0.25) is 5.91 Å². The van der Waals surface area contributed by atoms with Gasteiger partial charge in [-0.25, -0.2) is 0 Å². The van der Waals surface area contributed by atoms with Gasteiger partial charge in [-0.1, -0.05) is 6.92 Å². The second-order valence-electron chi connectivity index (χ2n) is 5.12. The first kappa shape index (κ1) is 14.5. The second kappa shape index (κ2) is 5.63. The fraction of sp³-hybridized carbons (Fsp3) is 0.467. The molecule has 0 saturated carbocycles. The minimum Gasteiger partial charge on any atom is -0.487 e. The number of nitrogens with two attached hydrogens (primary N) is 1. The van der Waals surface area contributed by atoms with E-state index in [9.17, 15) is 9.59 Å². The number of hydrogen-bond donors (Lipinski definition) is 1. The van der Waals surface area contributed by atoms with Crippen molar-refractivity contribution >= 4 is 17.4 Å². The zero-order valence-corrected chi connectivity index (χ0v) is 12.1. The van der Waals surface area contributed by atoms with Crippen LogP contribution in [-0.4, -0.2) is 30.4 Å². The molecule has 108 valence electrons. The summed E-state index contributed by atoms with van der Waals surface area (Å²) in [7, 11) is 0. The van der Waals surface area contributed by atoms with Crippen molar-refractivity contribution in [2.75, 3.05) is 11.4 Å². The van der Waals surface area contributed by atoms with Gasteiger partial charge >= 0.3 is 0 Å². The Morgan fingerprint density at radius 1 is 1.50 bits per heavy atom. The smallest absolute Gasteiger partial charge is 0.226 e. The molecule has 2 atom stereocenters. The Hall–Kier alpha value is -1.88. The first-order valence-corrected chi connectivity index (χ1v) is 6.85. The summed E-state index contributed by atoms with van der Waals surface area (Å²) in [5.74, 6) is 0.508. The molecule has 0 spiro atoms. The lowest BCUT2D eigenvalue weighted by molar-refractivity contribution is -0.118. The highest BCUT2D eigenvalue weighted by molar-refractivity contribution is 6.02. The number of ketones is 1. The molecule has 2 N–H and O–H groups in total. The molecule has 1 heterocycles. The van der Waals surface area contributed by atoms with E-state index >= 15 is 0 Å². The van der Waals surface area contributed by atoms with Gasteiger partial charge in [-0.2, -0.15) is 0 Å². The molecule has 2 rings (SSSR count). The van der Waals surface area contributed by atoms with Crippen LogP contribution in [0.3, 0.4) is 0 Å². The summed E-state index contributed by atoms with van der Waals surface area (Å²) < 4.78 is 5.72. The van der Waals surface area contributed by atoms with E-state index in [1.54, 1.807) is 30.0 Å². The predicted octanol–water partition coefficient (Wildman–Crippen LogP) is 1.74. The van der Waals surface area contributed by atoms with Crippen LogP contribution in [0.2, 0.25) is 0 Å². The number of carbonyl (C=O) groups excluding carboxylic acids is 2. The van der Waals surface area contributed by atoms with Gasteiger partial charge < -0.3 is 15.4 Å². The summed E-state index contributed by atoms with van der Waals surface area (Å²) in [6.45, 7) is 5.88. The van der Waals surface area contributed by atoms with Crippen LogP contribution in [0.4, 0.5) is 5.69 Å². The third-order valence-corrected chi connectivity index (χ3v) is 3.32. The van der Waals surface area contributed by atoms with Gasteiger partial charge in [0, 0.05) is 12.0 Å². The molecule has 0 radical (unpaired) electrons. The number of rotatable bonds is 3. The number of benzene rings is 1. The number of fused-ring (bicyclic) bond motifs is 1. The van der Waals surface area contributed by atoms with Gasteiger partial charge in [-0.15, -0.1) is 0 Å². The maximum atomic E-state index is 12.1. The van der Waals surface area contributed by atoms with Gasteiger partial charge in [-0.05, 0) is 32.0 Å². The molecule has 20 heavy (non-hydrogen) atoms. The lowest BCUT2D eigenvalue weighted by Crippen LogP contribution is -2.42. The van der Waals surface area contributed by atoms with Crippen molar-refractivity contribution in [2.24, 2.45) is 5.73 Å². The fourth-order valence-electron chi connectivity index (χ4n) is 2.28. The van der Waals surface area contributed by atoms with E-state index in [0.717, 1.165) is 0 Å². The maximum Gasteiger partial charge on any atom is 0.226 e. The molecule has 0 aliphatic carbocycles. The number of carbonyl (C=O) groups is 2. The lowest BCUT2D eigenvalue weighted by Gasteiger charge is -2.33. The second-order valence-corrected chi connectivity index (χ2v) is 5.12. The topological polar surface area (TPSA) is 72.6 Å². The van der Waals surface area contributed by atoms with Gasteiger partial charge in [-0.3, -0.25) is 9.59 Å². The summed E-state index contributed by atoms with van der Waals surface area (Å²) in [6.07, 6.45) is 0.352. The zero-order chi connectivity index (χ0) is 14.9. The Morgan fingerprint density at radius 2 is 2.20 bits per heavy atom. The molecular formula is C15H20N2O3. The van der Waals surface area contributed by atoms with E-state index in [4.69, 9.17) is 10.5 Å². The fourth-order valence-corrected chi connectivity index (χ4v) is 2.28. The Kier molecular flexibility index (Phi) is 4.09. The van der Waals surface area contributed by atoms with Crippen molar-refractivity contribution in [1.82, 2.24) is 0 Å². The summed E-state index contributed by atoms with van der Waals surface area (Å²) in [6, 6.07) is 4.56. The van der Waals surface area contributed by atoms with Gasteiger partial charge in [0.25, 0.3) is 0 Å². The van der Waals surface area contributed by atoms with E-state index in [-0.39, 0.29) is 17.8 Å². The monoisotopic (exact) mass is 276 g/mol. The first-order valence-electron chi connectivity index (χ1n) is 6.85. The van der Waals surface area contributed by atoms with Crippen LogP contribution in [0.5, 0.6) is 5.75 Å². The maximum absolute atomic E-state index is 12.1. The number of hydrogen-bond acceptors (Lipinski definition) is 4. The molecule has 0 aromatic heterocycles. The van der Waals surface area contributed by atoms with E-state index in [0.29, 0.717) is 30.0 Å². The van der Waals surface area contributed by atoms with Crippen molar-refractivity contribution in [3.63, 3.8) is 0 Å². The molecule has 1 aromatic rings. The standard InChI is InChI=1S/C15H20N2O3/c1-4-14(18)17-8-9(2)20-13-6-5-11(7-12(13)17)15(19)10(3)16/h5-7,9-10H,4,8,16H2,1-3H3. The van der Waals surface area contributed by atoms with Crippen LogP contribution < -0.4 is 15.4 Å². The van der Waals surface area contributed by atoms with Crippen molar-refractivity contribution in [2.45, 2.75) is 39.3 Å². The summed E-state index contributed by atoms with van der Waals surface area (Å²) in [5, 5.41) is 0. The number of amides is 1. The normalized spacial score (nSPS) is 19.0. The minimum absolute atomic E-state index is 0.0202.